The number of nitrogens with one attached hydrogen (secondary N) is 1. The normalized spacial score (nSPS) is 10.8. The minimum atomic E-state index is 0.743. The van der Waals surface area contributed by atoms with Crippen molar-refractivity contribution in [3.8, 4) is 5.75 Å². The monoisotopic (exact) mass is 222 g/mol. The first-order valence-electron chi connectivity index (χ1n) is 5.81. The van der Waals surface area contributed by atoms with E-state index in [0.717, 1.165) is 32.0 Å². The van der Waals surface area contributed by atoms with E-state index in [1.54, 1.807) is 0 Å². The third-order valence-corrected chi connectivity index (χ3v) is 2.56. The molecular formula is C13H22N2O. The SMILES string of the molecule is CCN(C)CCOc1cccc(CNC)c1. The standard InChI is InChI=1S/C13H22N2O/c1-4-15(3)8-9-16-13-7-5-6-12(10-13)11-14-2/h5-7,10,14H,4,8-9,11H2,1-3H3. The molecule has 0 aliphatic carbocycles. The van der Waals surface area contributed by atoms with Crippen molar-refractivity contribution < 1.29 is 4.74 Å². The molecule has 0 atom stereocenters. The molecule has 1 aromatic rings. The van der Waals surface area contributed by atoms with Gasteiger partial charge in [-0.3, -0.25) is 0 Å². The molecule has 1 aromatic carbocycles. The fourth-order valence-corrected chi connectivity index (χ4v) is 1.43. The number of nitrogens with zero attached hydrogens (tertiary/aromatic N) is 1. The lowest BCUT2D eigenvalue weighted by Gasteiger charge is -2.14. The largest absolute Gasteiger partial charge is 0.492 e. The van der Waals surface area contributed by atoms with Gasteiger partial charge in [-0.1, -0.05) is 19.1 Å². The number of ether oxygens (including phenoxy) is 1. The van der Waals surface area contributed by atoms with Gasteiger partial charge in [-0.2, -0.15) is 0 Å². The Morgan fingerprint density at radius 1 is 1.38 bits per heavy atom. The lowest BCUT2D eigenvalue weighted by atomic mass is 10.2. The van der Waals surface area contributed by atoms with Crippen LogP contribution in [0.3, 0.4) is 0 Å². The summed E-state index contributed by atoms with van der Waals surface area (Å²) in [6.07, 6.45) is 0. The van der Waals surface area contributed by atoms with Crippen LogP contribution in [0.5, 0.6) is 5.75 Å². The van der Waals surface area contributed by atoms with Crippen LogP contribution in [0, 0.1) is 0 Å². The molecule has 0 saturated carbocycles. The topological polar surface area (TPSA) is 24.5 Å². The maximum atomic E-state index is 5.70. The van der Waals surface area contributed by atoms with E-state index in [1.165, 1.54) is 5.56 Å². The van der Waals surface area contributed by atoms with Crippen molar-refractivity contribution in [3.05, 3.63) is 29.8 Å². The number of benzene rings is 1. The van der Waals surface area contributed by atoms with Gasteiger partial charge in [-0.05, 0) is 38.3 Å². The third-order valence-electron chi connectivity index (χ3n) is 2.56. The summed E-state index contributed by atoms with van der Waals surface area (Å²) in [5.74, 6) is 0.956. The Bertz CT molecular complexity index is 302. The molecule has 16 heavy (non-hydrogen) atoms. The molecule has 0 aliphatic rings. The Morgan fingerprint density at radius 3 is 2.88 bits per heavy atom. The van der Waals surface area contributed by atoms with E-state index >= 15 is 0 Å². The highest BCUT2D eigenvalue weighted by atomic mass is 16.5. The molecular weight excluding hydrogens is 200 g/mol. The van der Waals surface area contributed by atoms with Gasteiger partial charge in [-0.15, -0.1) is 0 Å². The third kappa shape index (κ3) is 4.64. The van der Waals surface area contributed by atoms with Gasteiger partial charge in [0.05, 0.1) is 0 Å². The quantitative estimate of drug-likeness (QED) is 0.760. The summed E-state index contributed by atoms with van der Waals surface area (Å²) in [6.45, 7) is 5.79. The first-order valence-corrected chi connectivity index (χ1v) is 5.81. The Hall–Kier alpha value is -1.06. The predicted molar refractivity (Wildman–Crippen MR) is 67.9 cm³/mol. The molecule has 0 bridgehead atoms. The average Bonchev–Trinajstić information content (AvgIpc) is 2.30. The van der Waals surface area contributed by atoms with Crippen molar-refractivity contribution in [1.82, 2.24) is 10.2 Å². The van der Waals surface area contributed by atoms with Crippen LogP contribution in [0.15, 0.2) is 24.3 Å². The zero-order chi connectivity index (χ0) is 11.8. The van der Waals surface area contributed by atoms with E-state index < -0.39 is 0 Å². The van der Waals surface area contributed by atoms with Gasteiger partial charge in [0.2, 0.25) is 0 Å². The van der Waals surface area contributed by atoms with Crippen LogP contribution in [0.2, 0.25) is 0 Å². The molecule has 3 nitrogen and oxygen atoms in total. The molecule has 0 radical (unpaired) electrons. The molecule has 0 unspecified atom stereocenters. The van der Waals surface area contributed by atoms with E-state index in [2.05, 4.69) is 36.3 Å². The van der Waals surface area contributed by atoms with E-state index in [0.29, 0.717) is 0 Å². The summed E-state index contributed by atoms with van der Waals surface area (Å²) in [4.78, 5) is 2.23. The van der Waals surface area contributed by atoms with Crippen LogP contribution in [0.4, 0.5) is 0 Å². The number of hydrogen-bond acceptors (Lipinski definition) is 3. The molecule has 0 aliphatic heterocycles. The minimum Gasteiger partial charge on any atom is -0.492 e. The lowest BCUT2D eigenvalue weighted by molar-refractivity contribution is 0.243. The van der Waals surface area contributed by atoms with Crippen molar-refractivity contribution >= 4 is 0 Å². The molecule has 90 valence electrons. The van der Waals surface area contributed by atoms with Gasteiger partial charge in [-0.25, -0.2) is 0 Å². The van der Waals surface area contributed by atoms with E-state index in [9.17, 15) is 0 Å². The molecule has 0 fully saturated rings. The average molecular weight is 222 g/mol. The van der Waals surface area contributed by atoms with Gasteiger partial charge < -0.3 is 15.0 Å². The summed E-state index contributed by atoms with van der Waals surface area (Å²) in [5, 5.41) is 3.13. The minimum absolute atomic E-state index is 0.743. The van der Waals surface area contributed by atoms with Gasteiger partial charge in [0, 0.05) is 13.1 Å². The predicted octanol–water partition coefficient (Wildman–Crippen LogP) is 1.74. The van der Waals surface area contributed by atoms with Crippen LogP contribution in [0.1, 0.15) is 12.5 Å². The van der Waals surface area contributed by atoms with Gasteiger partial charge in [0.25, 0.3) is 0 Å². The number of hydrogen-bond donors (Lipinski definition) is 1. The highest BCUT2D eigenvalue weighted by Crippen LogP contribution is 2.12. The van der Waals surface area contributed by atoms with Gasteiger partial charge in [0.1, 0.15) is 12.4 Å². The molecule has 0 amide bonds. The van der Waals surface area contributed by atoms with Crippen LogP contribution < -0.4 is 10.1 Å². The molecule has 0 saturated heterocycles. The van der Waals surface area contributed by atoms with Gasteiger partial charge >= 0.3 is 0 Å². The smallest absolute Gasteiger partial charge is 0.119 e. The maximum absolute atomic E-state index is 5.70. The van der Waals surface area contributed by atoms with Crippen molar-refractivity contribution in [3.63, 3.8) is 0 Å². The zero-order valence-corrected chi connectivity index (χ0v) is 10.5. The van der Waals surface area contributed by atoms with Crippen molar-refractivity contribution in [2.24, 2.45) is 0 Å². The number of likely N-dealkylation sites (N-methyl/N-ethyl adjacent to an activating group) is 1. The van der Waals surface area contributed by atoms with E-state index in [-0.39, 0.29) is 0 Å². The summed E-state index contributed by atoms with van der Waals surface area (Å²) in [5.41, 5.74) is 1.25. The molecule has 0 heterocycles. The second kappa shape index (κ2) is 7.25. The van der Waals surface area contributed by atoms with Crippen LogP contribution in [-0.4, -0.2) is 38.7 Å². The summed E-state index contributed by atoms with van der Waals surface area (Å²) < 4.78 is 5.70. The molecule has 1 rings (SSSR count). The maximum Gasteiger partial charge on any atom is 0.119 e. The highest BCUT2D eigenvalue weighted by molar-refractivity contribution is 5.28. The van der Waals surface area contributed by atoms with Crippen molar-refractivity contribution in [2.75, 3.05) is 33.8 Å². The molecule has 1 N–H and O–H groups in total. The first-order chi connectivity index (χ1) is 7.76. The Morgan fingerprint density at radius 2 is 2.19 bits per heavy atom. The Balaban J connectivity index is 2.38. The van der Waals surface area contributed by atoms with Crippen LogP contribution in [-0.2, 0) is 6.54 Å². The number of rotatable bonds is 7. The molecule has 3 heteroatoms. The first kappa shape index (κ1) is 13.0. The van der Waals surface area contributed by atoms with Crippen LogP contribution in [0.25, 0.3) is 0 Å². The fourth-order valence-electron chi connectivity index (χ4n) is 1.43. The Kier molecular flexibility index (Phi) is 5.90. The summed E-state index contributed by atoms with van der Waals surface area (Å²) in [6, 6.07) is 8.22. The molecule has 0 spiro atoms. The Labute approximate surface area is 98.4 Å². The van der Waals surface area contributed by atoms with Crippen LogP contribution >= 0.6 is 0 Å². The van der Waals surface area contributed by atoms with E-state index in [4.69, 9.17) is 4.74 Å². The van der Waals surface area contributed by atoms with Gasteiger partial charge in [0.15, 0.2) is 0 Å². The van der Waals surface area contributed by atoms with Crippen molar-refractivity contribution in [1.29, 1.82) is 0 Å². The second-order valence-electron chi connectivity index (χ2n) is 3.92. The van der Waals surface area contributed by atoms with Crippen molar-refractivity contribution in [2.45, 2.75) is 13.5 Å². The summed E-state index contributed by atoms with van der Waals surface area (Å²) in [7, 11) is 4.05. The zero-order valence-electron chi connectivity index (χ0n) is 10.5. The lowest BCUT2D eigenvalue weighted by Crippen LogP contribution is -2.23. The summed E-state index contributed by atoms with van der Waals surface area (Å²) >= 11 is 0. The fraction of sp³-hybridized carbons (Fsp3) is 0.538. The second-order valence-corrected chi connectivity index (χ2v) is 3.92. The van der Waals surface area contributed by atoms with E-state index in [1.807, 2.05) is 19.2 Å². The molecule has 0 aromatic heterocycles. The highest BCUT2D eigenvalue weighted by Gasteiger charge is 1.98.